The van der Waals surface area contributed by atoms with Crippen LogP contribution >= 0.6 is 0 Å². The predicted octanol–water partition coefficient (Wildman–Crippen LogP) is -0.965. The Hall–Kier alpha value is -0.200. The molecule has 2 aliphatic rings. The van der Waals surface area contributed by atoms with E-state index in [1.165, 1.54) is 0 Å². The van der Waals surface area contributed by atoms with Crippen molar-refractivity contribution in [3.8, 4) is 0 Å². The van der Waals surface area contributed by atoms with Crippen molar-refractivity contribution in [2.45, 2.75) is 56.4 Å². The molecule has 2 heterocycles. The summed E-state index contributed by atoms with van der Waals surface area (Å²) in [7, 11) is 0. The van der Waals surface area contributed by atoms with Crippen LogP contribution in [0.5, 0.6) is 0 Å². The van der Waals surface area contributed by atoms with Crippen molar-refractivity contribution >= 4 is 0 Å². The van der Waals surface area contributed by atoms with E-state index in [9.17, 15) is 10.2 Å². The molecule has 5 heteroatoms. The third kappa shape index (κ3) is 2.16. The van der Waals surface area contributed by atoms with Crippen LogP contribution in [0.1, 0.15) is 19.8 Å². The van der Waals surface area contributed by atoms with Crippen LogP contribution in [0.15, 0.2) is 0 Å². The van der Waals surface area contributed by atoms with Crippen molar-refractivity contribution in [2.24, 2.45) is 0 Å². The van der Waals surface area contributed by atoms with Gasteiger partial charge < -0.3 is 24.8 Å². The number of hydrogen-bond donors (Lipinski definition) is 3. The molecule has 3 N–H and O–H groups in total. The molecule has 2 saturated heterocycles. The van der Waals surface area contributed by atoms with Crippen molar-refractivity contribution in [1.29, 1.82) is 0 Å². The first-order chi connectivity index (χ1) is 7.11. The van der Waals surface area contributed by atoms with Gasteiger partial charge in [0.15, 0.2) is 0 Å². The number of rotatable bonds is 1. The Balaban J connectivity index is 2.01. The molecule has 0 aromatic carbocycles. The summed E-state index contributed by atoms with van der Waals surface area (Å²) in [5, 5.41) is 28.2. The maximum Gasteiger partial charge on any atom is 0.107 e. The van der Waals surface area contributed by atoms with Crippen LogP contribution < -0.4 is 0 Å². The van der Waals surface area contributed by atoms with Crippen molar-refractivity contribution in [1.82, 2.24) is 0 Å². The second-order valence-corrected chi connectivity index (χ2v) is 4.38. The summed E-state index contributed by atoms with van der Waals surface area (Å²) in [5.74, 6) is 0. The lowest BCUT2D eigenvalue weighted by Crippen LogP contribution is -2.55. The zero-order chi connectivity index (χ0) is 11.0. The summed E-state index contributed by atoms with van der Waals surface area (Å²) in [4.78, 5) is 0. The van der Waals surface area contributed by atoms with E-state index in [1.807, 2.05) is 6.92 Å². The van der Waals surface area contributed by atoms with Gasteiger partial charge in [0.1, 0.15) is 6.10 Å². The first-order valence-electron chi connectivity index (χ1n) is 5.39. The quantitative estimate of drug-likeness (QED) is 0.528. The van der Waals surface area contributed by atoms with Crippen LogP contribution in [-0.4, -0.2) is 58.6 Å². The van der Waals surface area contributed by atoms with E-state index in [0.29, 0.717) is 12.8 Å². The Morgan fingerprint density at radius 2 is 1.67 bits per heavy atom. The molecule has 0 radical (unpaired) electrons. The topological polar surface area (TPSA) is 79.2 Å². The highest BCUT2D eigenvalue weighted by molar-refractivity contribution is 4.91. The first-order valence-corrected chi connectivity index (χ1v) is 5.39. The Morgan fingerprint density at radius 1 is 1.07 bits per heavy atom. The maximum absolute atomic E-state index is 9.63. The Kier molecular flexibility index (Phi) is 3.27. The summed E-state index contributed by atoms with van der Waals surface area (Å²) in [6, 6.07) is 0. The molecule has 2 rings (SSSR count). The zero-order valence-corrected chi connectivity index (χ0v) is 8.74. The highest BCUT2D eigenvalue weighted by Crippen LogP contribution is 2.31. The largest absolute Gasteiger partial charge is 0.394 e. The van der Waals surface area contributed by atoms with Crippen LogP contribution in [0.3, 0.4) is 0 Å². The summed E-state index contributed by atoms with van der Waals surface area (Å²) in [5.41, 5.74) is 0. The summed E-state index contributed by atoms with van der Waals surface area (Å²) in [6.45, 7) is 1.61. The summed E-state index contributed by atoms with van der Waals surface area (Å²) >= 11 is 0. The molecule has 88 valence electrons. The van der Waals surface area contributed by atoms with Gasteiger partial charge in [-0.2, -0.15) is 0 Å². The van der Waals surface area contributed by atoms with Gasteiger partial charge in [-0.1, -0.05) is 0 Å². The van der Waals surface area contributed by atoms with E-state index in [0.717, 1.165) is 0 Å². The Bertz CT molecular complexity index is 222. The molecule has 2 fully saturated rings. The molecule has 0 aromatic rings. The third-order valence-corrected chi connectivity index (χ3v) is 3.25. The van der Waals surface area contributed by atoms with Crippen molar-refractivity contribution in [3.05, 3.63) is 0 Å². The molecule has 0 bridgehead atoms. The minimum Gasteiger partial charge on any atom is -0.394 e. The predicted molar refractivity (Wildman–Crippen MR) is 51.3 cm³/mol. The van der Waals surface area contributed by atoms with Crippen molar-refractivity contribution in [3.63, 3.8) is 0 Å². The van der Waals surface area contributed by atoms with E-state index >= 15 is 0 Å². The van der Waals surface area contributed by atoms with Gasteiger partial charge in [-0.25, -0.2) is 0 Å². The van der Waals surface area contributed by atoms with Gasteiger partial charge in [-0.05, 0) is 6.92 Å². The van der Waals surface area contributed by atoms with Crippen molar-refractivity contribution < 1.29 is 24.8 Å². The lowest BCUT2D eigenvalue weighted by atomic mass is 9.91. The fraction of sp³-hybridized carbons (Fsp3) is 1.00. The molecular weight excluding hydrogens is 200 g/mol. The van der Waals surface area contributed by atoms with Crippen LogP contribution in [0.25, 0.3) is 0 Å². The first kappa shape index (κ1) is 11.3. The highest BCUT2D eigenvalue weighted by atomic mass is 16.6. The third-order valence-electron chi connectivity index (χ3n) is 3.25. The molecule has 0 amide bonds. The molecule has 0 saturated carbocycles. The normalized spacial score (nSPS) is 51.2. The fourth-order valence-corrected chi connectivity index (χ4v) is 2.26. The molecule has 2 aliphatic heterocycles. The van der Waals surface area contributed by atoms with Gasteiger partial charge >= 0.3 is 0 Å². The minimum atomic E-state index is -0.682. The van der Waals surface area contributed by atoms with Crippen LogP contribution in [0.2, 0.25) is 0 Å². The molecule has 0 aromatic heterocycles. The average Bonchev–Trinajstić information content (AvgIpc) is 2.20. The van der Waals surface area contributed by atoms with E-state index < -0.39 is 18.3 Å². The number of hydrogen-bond acceptors (Lipinski definition) is 5. The van der Waals surface area contributed by atoms with Crippen LogP contribution in [0, 0.1) is 0 Å². The maximum atomic E-state index is 9.63. The molecule has 0 aliphatic carbocycles. The molecule has 3 unspecified atom stereocenters. The fourth-order valence-electron chi connectivity index (χ4n) is 2.26. The van der Waals surface area contributed by atoms with Gasteiger partial charge in [-0.3, -0.25) is 0 Å². The smallest absolute Gasteiger partial charge is 0.107 e. The lowest BCUT2D eigenvalue weighted by molar-refractivity contribution is -0.244. The second kappa shape index (κ2) is 4.35. The minimum absolute atomic E-state index is 0.166. The monoisotopic (exact) mass is 218 g/mol. The molecular formula is C10H18O5. The van der Waals surface area contributed by atoms with E-state index in [-0.39, 0.29) is 24.9 Å². The van der Waals surface area contributed by atoms with E-state index in [4.69, 9.17) is 14.6 Å². The van der Waals surface area contributed by atoms with E-state index in [2.05, 4.69) is 0 Å². The zero-order valence-electron chi connectivity index (χ0n) is 8.74. The van der Waals surface area contributed by atoms with Crippen LogP contribution in [-0.2, 0) is 9.47 Å². The highest BCUT2D eigenvalue weighted by Gasteiger charge is 2.43. The number of ether oxygens (including phenoxy) is 2. The Morgan fingerprint density at radius 3 is 2.33 bits per heavy atom. The number of fused-ring (bicyclic) bond motifs is 1. The summed E-state index contributed by atoms with van der Waals surface area (Å²) in [6.07, 6.45) is -1.37. The Labute approximate surface area is 88.6 Å². The molecule has 15 heavy (non-hydrogen) atoms. The van der Waals surface area contributed by atoms with E-state index in [1.54, 1.807) is 0 Å². The second-order valence-electron chi connectivity index (χ2n) is 4.38. The average molecular weight is 218 g/mol. The standard InChI is InChI=1S/C10H18O5/c1-5-6(12)2-9-8(14-5)3-7(13)10(4-11)15-9/h5-13H,2-4H2,1H3/t5-,6?,7+,8-,9?,10?/m0/s1. The van der Waals surface area contributed by atoms with Gasteiger partial charge in [0.05, 0.1) is 37.1 Å². The van der Waals surface area contributed by atoms with Crippen LogP contribution in [0.4, 0.5) is 0 Å². The molecule has 6 atom stereocenters. The van der Waals surface area contributed by atoms with Gasteiger partial charge in [0.25, 0.3) is 0 Å². The van der Waals surface area contributed by atoms with Gasteiger partial charge in [0, 0.05) is 12.8 Å². The SMILES string of the molecule is C[C@@H]1O[C@H]2C[C@@H](O)C(CO)OC2CC1O. The van der Waals surface area contributed by atoms with Crippen molar-refractivity contribution in [2.75, 3.05) is 6.61 Å². The number of aliphatic hydroxyl groups excluding tert-OH is 3. The lowest BCUT2D eigenvalue weighted by Gasteiger charge is -2.44. The van der Waals surface area contributed by atoms with Gasteiger partial charge in [-0.15, -0.1) is 0 Å². The number of aliphatic hydroxyl groups is 3. The summed E-state index contributed by atoms with van der Waals surface area (Å²) < 4.78 is 11.0. The van der Waals surface area contributed by atoms with Gasteiger partial charge in [0.2, 0.25) is 0 Å². The molecule has 5 nitrogen and oxygen atoms in total. The molecule has 0 spiro atoms.